The summed E-state index contributed by atoms with van der Waals surface area (Å²) in [6.45, 7) is 3.89. The summed E-state index contributed by atoms with van der Waals surface area (Å²) in [5.41, 5.74) is 5.93. The third kappa shape index (κ3) is 3.69. The quantitative estimate of drug-likeness (QED) is 0.758. The van der Waals surface area contributed by atoms with Crippen LogP contribution in [0.4, 0.5) is 0 Å². The molecule has 1 aromatic heterocycles. The molecule has 3 unspecified atom stereocenters. The molecule has 0 spiro atoms. The first-order chi connectivity index (χ1) is 15.6. The molecule has 172 valence electrons. The molecule has 0 amide bonds. The minimum Gasteiger partial charge on any atom is -0.493 e. The van der Waals surface area contributed by atoms with Gasteiger partial charge in [-0.15, -0.1) is 0 Å². The van der Waals surface area contributed by atoms with Crippen LogP contribution in [0, 0.1) is 5.92 Å². The van der Waals surface area contributed by atoms with Crippen LogP contribution in [0.3, 0.4) is 0 Å². The van der Waals surface area contributed by atoms with Crippen LogP contribution in [-0.4, -0.2) is 47.9 Å². The van der Waals surface area contributed by atoms with Crippen LogP contribution < -0.4 is 9.47 Å². The highest BCUT2D eigenvalue weighted by Crippen LogP contribution is 2.47. The molecule has 1 aliphatic carbocycles. The van der Waals surface area contributed by atoms with Crippen molar-refractivity contribution in [3.05, 3.63) is 52.3 Å². The van der Waals surface area contributed by atoms with Gasteiger partial charge in [-0.3, -0.25) is 9.88 Å². The molecule has 2 aliphatic heterocycles. The van der Waals surface area contributed by atoms with Gasteiger partial charge in [0.1, 0.15) is 0 Å². The van der Waals surface area contributed by atoms with Gasteiger partial charge in [-0.05, 0) is 84.9 Å². The Labute approximate surface area is 191 Å². The number of piperidine rings is 1. The van der Waals surface area contributed by atoms with E-state index in [4.69, 9.17) is 14.5 Å². The monoisotopic (exact) mass is 436 g/mol. The summed E-state index contributed by atoms with van der Waals surface area (Å²) in [5, 5.41) is 12.0. The van der Waals surface area contributed by atoms with Crippen molar-refractivity contribution >= 4 is 0 Å². The second-order valence-corrected chi connectivity index (χ2v) is 9.87. The SMILES string of the molecule is CCC1CC2c3cc(OC)c(OC)cc3CCN2CC1(O)Cc1nccc2c1CCCC2. The molecule has 3 atom stereocenters. The van der Waals surface area contributed by atoms with Gasteiger partial charge >= 0.3 is 0 Å². The number of pyridine rings is 1. The van der Waals surface area contributed by atoms with E-state index >= 15 is 0 Å². The number of aliphatic hydroxyl groups is 1. The number of aryl methyl sites for hydroxylation is 1. The summed E-state index contributed by atoms with van der Waals surface area (Å²) < 4.78 is 11.1. The van der Waals surface area contributed by atoms with Crippen LogP contribution in [-0.2, 0) is 25.7 Å². The standard InChI is InChI=1S/C27H36N2O3/c1-4-20-14-24-22-15-26(32-3)25(31-2)13-19(22)10-12-29(24)17-27(20,30)16-23-21-8-6-5-7-18(21)9-11-28-23/h9,11,13,15,20,24,30H,4-8,10,12,14,16-17H2,1-3H3. The number of benzene rings is 1. The first kappa shape index (κ1) is 21.7. The van der Waals surface area contributed by atoms with E-state index in [1.54, 1.807) is 14.2 Å². The number of ether oxygens (including phenoxy) is 2. The summed E-state index contributed by atoms with van der Waals surface area (Å²) in [5.74, 6) is 1.84. The molecule has 5 nitrogen and oxygen atoms in total. The van der Waals surface area contributed by atoms with Crippen LogP contribution >= 0.6 is 0 Å². The highest BCUT2D eigenvalue weighted by atomic mass is 16.5. The topological polar surface area (TPSA) is 54.8 Å². The maximum atomic E-state index is 12.0. The third-order valence-corrected chi connectivity index (χ3v) is 8.19. The predicted octanol–water partition coefficient (Wildman–Crippen LogP) is 4.28. The number of fused-ring (bicyclic) bond motifs is 4. The first-order valence-electron chi connectivity index (χ1n) is 12.2. The van der Waals surface area contributed by atoms with E-state index in [1.165, 1.54) is 35.1 Å². The largest absolute Gasteiger partial charge is 0.493 e. The Morgan fingerprint density at radius 1 is 1.09 bits per heavy atom. The predicted molar refractivity (Wildman–Crippen MR) is 125 cm³/mol. The number of aromatic nitrogens is 1. The molecule has 1 N–H and O–H groups in total. The Morgan fingerprint density at radius 2 is 1.88 bits per heavy atom. The molecule has 0 bridgehead atoms. The molecule has 1 saturated heterocycles. The van der Waals surface area contributed by atoms with Gasteiger partial charge in [-0.2, -0.15) is 0 Å². The summed E-state index contributed by atoms with van der Waals surface area (Å²) in [6, 6.07) is 6.81. The summed E-state index contributed by atoms with van der Waals surface area (Å²) in [7, 11) is 3.40. The fourth-order valence-electron chi connectivity index (χ4n) is 6.44. The van der Waals surface area contributed by atoms with E-state index in [0.717, 1.165) is 55.8 Å². The fourth-order valence-corrected chi connectivity index (χ4v) is 6.44. The summed E-state index contributed by atoms with van der Waals surface area (Å²) in [4.78, 5) is 7.27. The van der Waals surface area contributed by atoms with Gasteiger partial charge in [0.15, 0.2) is 11.5 Å². The minimum atomic E-state index is -0.737. The lowest BCUT2D eigenvalue weighted by atomic mass is 9.70. The molecular formula is C27H36N2O3. The van der Waals surface area contributed by atoms with Crippen LogP contribution in [0.25, 0.3) is 0 Å². The van der Waals surface area contributed by atoms with Gasteiger partial charge in [0, 0.05) is 37.4 Å². The van der Waals surface area contributed by atoms with Gasteiger partial charge in [0.05, 0.1) is 19.8 Å². The van der Waals surface area contributed by atoms with E-state index in [-0.39, 0.29) is 5.92 Å². The fraction of sp³-hybridized carbons (Fsp3) is 0.593. The van der Waals surface area contributed by atoms with E-state index < -0.39 is 5.60 Å². The highest BCUT2D eigenvalue weighted by Gasteiger charge is 2.47. The number of rotatable bonds is 5. The van der Waals surface area contributed by atoms with Crippen LogP contribution in [0.1, 0.15) is 66.6 Å². The molecule has 0 radical (unpaired) electrons. The lowest BCUT2D eigenvalue weighted by molar-refractivity contribution is -0.101. The zero-order valence-electron chi connectivity index (χ0n) is 19.7. The minimum absolute atomic E-state index is 0.240. The Balaban J connectivity index is 1.45. The van der Waals surface area contributed by atoms with Gasteiger partial charge < -0.3 is 14.6 Å². The molecule has 32 heavy (non-hydrogen) atoms. The number of nitrogens with zero attached hydrogens (tertiary/aromatic N) is 2. The first-order valence-corrected chi connectivity index (χ1v) is 12.2. The second-order valence-electron chi connectivity index (χ2n) is 9.87. The van der Waals surface area contributed by atoms with Crippen molar-refractivity contribution in [2.45, 2.75) is 69.9 Å². The van der Waals surface area contributed by atoms with Crippen LogP contribution in [0.15, 0.2) is 24.4 Å². The molecule has 5 rings (SSSR count). The van der Waals surface area contributed by atoms with Crippen molar-refractivity contribution in [1.82, 2.24) is 9.88 Å². The van der Waals surface area contributed by atoms with Crippen molar-refractivity contribution in [2.75, 3.05) is 27.3 Å². The van der Waals surface area contributed by atoms with E-state index in [2.05, 4.69) is 30.0 Å². The average Bonchev–Trinajstić information content (AvgIpc) is 2.82. The molecule has 2 aromatic rings. The zero-order valence-corrected chi connectivity index (χ0v) is 19.7. The summed E-state index contributed by atoms with van der Waals surface area (Å²) in [6.07, 6.45) is 10.3. The Kier molecular flexibility index (Phi) is 5.89. The van der Waals surface area contributed by atoms with Crippen LogP contribution in [0.5, 0.6) is 11.5 Å². The van der Waals surface area contributed by atoms with Crippen LogP contribution in [0.2, 0.25) is 0 Å². The Morgan fingerprint density at radius 3 is 2.66 bits per heavy atom. The number of hydrogen-bond donors (Lipinski definition) is 1. The van der Waals surface area contributed by atoms with Crippen molar-refractivity contribution in [3.8, 4) is 11.5 Å². The van der Waals surface area contributed by atoms with Gasteiger partial charge in [0.2, 0.25) is 0 Å². The molecule has 5 heteroatoms. The van der Waals surface area contributed by atoms with Crippen molar-refractivity contribution in [1.29, 1.82) is 0 Å². The normalized spacial score (nSPS) is 27.2. The highest BCUT2D eigenvalue weighted by molar-refractivity contribution is 5.49. The molecule has 1 fully saturated rings. The maximum absolute atomic E-state index is 12.0. The zero-order chi connectivity index (χ0) is 22.3. The lowest BCUT2D eigenvalue weighted by Crippen LogP contribution is -2.57. The van der Waals surface area contributed by atoms with E-state index in [9.17, 15) is 5.11 Å². The molecule has 3 heterocycles. The second kappa shape index (κ2) is 8.68. The van der Waals surface area contributed by atoms with E-state index in [1.807, 2.05) is 6.20 Å². The van der Waals surface area contributed by atoms with E-state index in [0.29, 0.717) is 19.0 Å². The lowest BCUT2D eigenvalue weighted by Gasteiger charge is -2.51. The van der Waals surface area contributed by atoms with Crippen molar-refractivity contribution in [2.24, 2.45) is 5.92 Å². The molecular weight excluding hydrogens is 400 g/mol. The number of hydrogen-bond acceptors (Lipinski definition) is 5. The van der Waals surface area contributed by atoms with Gasteiger partial charge in [0.25, 0.3) is 0 Å². The third-order valence-electron chi connectivity index (χ3n) is 8.19. The van der Waals surface area contributed by atoms with Crippen molar-refractivity contribution < 1.29 is 14.6 Å². The number of methoxy groups -OCH3 is 2. The van der Waals surface area contributed by atoms with Crippen molar-refractivity contribution in [3.63, 3.8) is 0 Å². The molecule has 3 aliphatic rings. The Bertz CT molecular complexity index is 991. The molecule has 1 aromatic carbocycles. The average molecular weight is 437 g/mol. The van der Waals surface area contributed by atoms with Gasteiger partial charge in [-0.1, -0.05) is 13.3 Å². The Hall–Kier alpha value is -2.11. The smallest absolute Gasteiger partial charge is 0.161 e. The maximum Gasteiger partial charge on any atom is 0.161 e. The van der Waals surface area contributed by atoms with Gasteiger partial charge in [-0.25, -0.2) is 0 Å². The molecule has 0 saturated carbocycles. The summed E-state index contributed by atoms with van der Waals surface area (Å²) >= 11 is 0.